The monoisotopic (exact) mass is 301 g/mol. The van der Waals surface area contributed by atoms with Crippen molar-refractivity contribution < 1.29 is 9.90 Å². The Hall–Kier alpha value is -2.41. The minimum absolute atomic E-state index is 0.0275. The van der Waals surface area contributed by atoms with E-state index in [9.17, 15) is 4.79 Å². The molecule has 1 fully saturated rings. The smallest absolute Gasteiger partial charge is 0.272 e. The molecule has 0 atom stereocenters. The second kappa shape index (κ2) is 6.57. The molecule has 2 aromatic heterocycles. The average molecular weight is 301 g/mol. The lowest BCUT2D eigenvalue weighted by molar-refractivity contribution is 0.0732. The van der Waals surface area contributed by atoms with E-state index in [0.717, 1.165) is 18.8 Å². The van der Waals surface area contributed by atoms with Gasteiger partial charge in [0.05, 0.1) is 13.2 Å². The zero-order chi connectivity index (χ0) is 15.4. The Labute approximate surface area is 128 Å². The number of carbonyl (C=O) groups is 1. The Bertz CT molecular complexity index is 620. The third-order valence-electron chi connectivity index (χ3n) is 3.84. The molecule has 1 N–H and O–H groups in total. The molecule has 0 spiro atoms. The Morgan fingerprint density at radius 2 is 1.82 bits per heavy atom. The number of aliphatic hydroxyl groups is 1. The van der Waals surface area contributed by atoms with E-state index in [1.807, 2.05) is 17.0 Å². The quantitative estimate of drug-likeness (QED) is 0.875. The number of hydrogen-bond acceptors (Lipinski definition) is 5. The first-order valence-electron chi connectivity index (χ1n) is 7.36. The number of anilines is 1. The summed E-state index contributed by atoms with van der Waals surface area (Å²) in [6.07, 6.45) is 5.15. The fraction of sp³-hybridized carbons (Fsp3) is 0.400. The van der Waals surface area contributed by atoms with Crippen molar-refractivity contribution in [3.63, 3.8) is 0 Å². The molecule has 0 aromatic carbocycles. The van der Waals surface area contributed by atoms with Gasteiger partial charge in [0, 0.05) is 50.5 Å². The molecule has 0 radical (unpaired) electrons. The first kappa shape index (κ1) is 14.5. The lowest BCUT2D eigenvalue weighted by atomic mass is 10.2. The molecule has 116 valence electrons. The largest absolute Gasteiger partial charge is 0.394 e. The van der Waals surface area contributed by atoms with Gasteiger partial charge in [0.15, 0.2) is 0 Å². The predicted octanol–water partition coefficient (Wildman–Crippen LogP) is 0.233. The Kier molecular flexibility index (Phi) is 4.34. The topological polar surface area (TPSA) is 74.5 Å². The number of piperazine rings is 1. The molecule has 3 rings (SSSR count). The highest BCUT2D eigenvalue weighted by Gasteiger charge is 2.24. The average Bonchev–Trinajstić information content (AvgIpc) is 3.04. The summed E-state index contributed by atoms with van der Waals surface area (Å²) in [5.74, 6) is -0.0275. The van der Waals surface area contributed by atoms with Crippen molar-refractivity contribution >= 4 is 11.6 Å². The summed E-state index contributed by atoms with van der Waals surface area (Å²) >= 11 is 0. The van der Waals surface area contributed by atoms with Gasteiger partial charge in [0.2, 0.25) is 0 Å². The number of pyridine rings is 1. The molecule has 22 heavy (non-hydrogen) atoms. The van der Waals surface area contributed by atoms with Crippen LogP contribution in [-0.2, 0) is 6.54 Å². The van der Waals surface area contributed by atoms with E-state index >= 15 is 0 Å². The maximum Gasteiger partial charge on any atom is 0.272 e. The van der Waals surface area contributed by atoms with Crippen LogP contribution in [0.3, 0.4) is 0 Å². The summed E-state index contributed by atoms with van der Waals surface area (Å²) in [6.45, 7) is 3.24. The first-order valence-corrected chi connectivity index (χ1v) is 7.36. The number of amides is 1. The molecule has 3 heterocycles. The molecular weight excluding hydrogens is 282 g/mol. The van der Waals surface area contributed by atoms with Crippen LogP contribution < -0.4 is 4.90 Å². The van der Waals surface area contributed by atoms with E-state index in [2.05, 4.69) is 15.0 Å². The number of nitrogens with zero attached hydrogens (tertiary/aromatic N) is 5. The van der Waals surface area contributed by atoms with Gasteiger partial charge in [-0.1, -0.05) is 0 Å². The van der Waals surface area contributed by atoms with Crippen LogP contribution in [-0.4, -0.2) is 63.5 Å². The van der Waals surface area contributed by atoms with Crippen LogP contribution in [0.4, 0.5) is 5.69 Å². The molecular formula is C15H19N5O2. The van der Waals surface area contributed by atoms with Gasteiger partial charge in [-0.2, -0.15) is 5.10 Å². The van der Waals surface area contributed by atoms with Gasteiger partial charge in [0.1, 0.15) is 5.69 Å². The number of aliphatic hydroxyl groups excluding tert-OH is 1. The van der Waals surface area contributed by atoms with Gasteiger partial charge < -0.3 is 14.9 Å². The van der Waals surface area contributed by atoms with E-state index in [-0.39, 0.29) is 12.5 Å². The van der Waals surface area contributed by atoms with Crippen LogP contribution in [0.1, 0.15) is 10.5 Å². The van der Waals surface area contributed by atoms with E-state index in [1.54, 1.807) is 29.3 Å². The van der Waals surface area contributed by atoms with Crippen LogP contribution in [0.15, 0.2) is 36.8 Å². The first-order chi connectivity index (χ1) is 10.8. The molecule has 0 aliphatic carbocycles. The summed E-state index contributed by atoms with van der Waals surface area (Å²) in [4.78, 5) is 20.7. The summed E-state index contributed by atoms with van der Waals surface area (Å²) in [6, 6.07) is 5.66. The van der Waals surface area contributed by atoms with Gasteiger partial charge in [-0.25, -0.2) is 0 Å². The predicted molar refractivity (Wildman–Crippen MR) is 81.7 cm³/mol. The van der Waals surface area contributed by atoms with Gasteiger partial charge in [-0.15, -0.1) is 0 Å². The summed E-state index contributed by atoms with van der Waals surface area (Å²) in [7, 11) is 0. The van der Waals surface area contributed by atoms with Crippen LogP contribution in [0.25, 0.3) is 0 Å². The fourth-order valence-corrected chi connectivity index (χ4v) is 2.67. The Morgan fingerprint density at radius 1 is 1.09 bits per heavy atom. The van der Waals surface area contributed by atoms with Crippen molar-refractivity contribution in [1.29, 1.82) is 0 Å². The maximum absolute atomic E-state index is 12.6. The summed E-state index contributed by atoms with van der Waals surface area (Å²) in [5.41, 5.74) is 1.67. The normalized spacial score (nSPS) is 15.1. The third-order valence-corrected chi connectivity index (χ3v) is 3.84. The zero-order valence-electron chi connectivity index (χ0n) is 12.3. The van der Waals surface area contributed by atoms with E-state index in [0.29, 0.717) is 25.3 Å². The van der Waals surface area contributed by atoms with Crippen molar-refractivity contribution in [1.82, 2.24) is 19.7 Å². The van der Waals surface area contributed by atoms with Crippen LogP contribution >= 0.6 is 0 Å². The Balaban J connectivity index is 1.63. The fourth-order valence-electron chi connectivity index (χ4n) is 2.67. The second-order valence-corrected chi connectivity index (χ2v) is 5.15. The van der Waals surface area contributed by atoms with Gasteiger partial charge in [-0.3, -0.25) is 14.5 Å². The highest BCUT2D eigenvalue weighted by atomic mass is 16.3. The van der Waals surface area contributed by atoms with Crippen LogP contribution in [0, 0.1) is 0 Å². The molecule has 0 unspecified atom stereocenters. The lowest BCUT2D eigenvalue weighted by Crippen LogP contribution is -2.49. The lowest BCUT2D eigenvalue weighted by Gasteiger charge is -2.36. The minimum atomic E-state index is -0.0300. The van der Waals surface area contributed by atoms with Gasteiger partial charge >= 0.3 is 0 Å². The summed E-state index contributed by atoms with van der Waals surface area (Å²) < 4.78 is 1.55. The SMILES string of the molecule is O=C(c1ccnn1CCO)N1CCN(c2ccncc2)CC1. The summed E-state index contributed by atoms with van der Waals surface area (Å²) in [5, 5.41) is 13.1. The molecule has 7 heteroatoms. The van der Waals surface area contributed by atoms with E-state index < -0.39 is 0 Å². The van der Waals surface area contributed by atoms with Crippen molar-refractivity contribution in [2.75, 3.05) is 37.7 Å². The van der Waals surface area contributed by atoms with E-state index in [1.165, 1.54) is 0 Å². The highest BCUT2D eigenvalue weighted by Crippen LogP contribution is 2.16. The molecule has 1 saturated heterocycles. The Morgan fingerprint density at radius 3 is 2.50 bits per heavy atom. The number of hydrogen-bond donors (Lipinski definition) is 1. The maximum atomic E-state index is 12.6. The minimum Gasteiger partial charge on any atom is -0.394 e. The van der Waals surface area contributed by atoms with Crippen molar-refractivity contribution in [3.05, 3.63) is 42.5 Å². The number of carbonyl (C=O) groups excluding carboxylic acids is 1. The van der Waals surface area contributed by atoms with Crippen molar-refractivity contribution in [2.45, 2.75) is 6.54 Å². The molecule has 0 saturated carbocycles. The van der Waals surface area contributed by atoms with Crippen molar-refractivity contribution in [3.8, 4) is 0 Å². The molecule has 2 aromatic rings. The standard InChI is InChI=1S/C15H19N5O2/c21-12-11-20-14(3-6-17-20)15(22)19-9-7-18(8-10-19)13-1-4-16-5-2-13/h1-6,21H,7-12H2. The third kappa shape index (κ3) is 2.94. The zero-order valence-corrected chi connectivity index (χ0v) is 12.3. The van der Waals surface area contributed by atoms with Crippen LogP contribution in [0.2, 0.25) is 0 Å². The van der Waals surface area contributed by atoms with Crippen molar-refractivity contribution in [2.24, 2.45) is 0 Å². The van der Waals surface area contributed by atoms with E-state index in [4.69, 9.17) is 5.11 Å². The van der Waals surface area contributed by atoms with Gasteiger partial charge in [0.25, 0.3) is 5.91 Å². The highest BCUT2D eigenvalue weighted by molar-refractivity contribution is 5.92. The molecule has 0 bridgehead atoms. The van der Waals surface area contributed by atoms with Gasteiger partial charge in [-0.05, 0) is 18.2 Å². The number of rotatable bonds is 4. The molecule has 1 aliphatic rings. The molecule has 1 amide bonds. The number of aromatic nitrogens is 3. The molecule has 7 nitrogen and oxygen atoms in total. The molecule has 1 aliphatic heterocycles. The van der Waals surface area contributed by atoms with Crippen LogP contribution in [0.5, 0.6) is 0 Å². The second-order valence-electron chi connectivity index (χ2n) is 5.15.